The van der Waals surface area contributed by atoms with Gasteiger partial charge in [-0.3, -0.25) is 20.2 Å². The number of carboxylic acids is 1. The van der Waals surface area contributed by atoms with E-state index in [1.165, 1.54) is 13.0 Å². The summed E-state index contributed by atoms with van der Waals surface area (Å²) in [7, 11) is 0. The lowest BCUT2D eigenvalue weighted by Crippen LogP contribution is -2.54. The number of hydrogen-bond acceptors (Lipinski definition) is 5. The van der Waals surface area contributed by atoms with Gasteiger partial charge in [0, 0.05) is 6.07 Å². The van der Waals surface area contributed by atoms with Crippen molar-refractivity contribution in [3.05, 3.63) is 34.1 Å². The number of aliphatic carboxylic acids is 1. The third kappa shape index (κ3) is 4.12. The zero-order chi connectivity index (χ0) is 16.0. The molecule has 7 nitrogen and oxygen atoms in total. The second-order valence-electron chi connectivity index (χ2n) is 4.70. The first-order valence-corrected chi connectivity index (χ1v) is 6.36. The molecule has 116 valence electrons. The highest BCUT2D eigenvalue weighted by molar-refractivity contribution is 5.78. The van der Waals surface area contributed by atoms with Crippen LogP contribution in [0.5, 0.6) is 5.75 Å². The van der Waals surface area contributed by atoms with Gasteiger partial charge in [-0.25, -0.2) is 4.39 Å². The van der Waals surface area contributed by atoms with Crippen molar-refractivity contribution in [1.82, 2.24) is 5.32 Å². The van der Waals surface area contributed by atoms with Crippen molar-refractivity contribution in [2.75, 3.05) is 13.2 Å². The molecule has 0 bridgehead atoms. The second kappa shape index (κ2) is 6.98. The minimum atomic E-state index is -1.47. The largest absolute Gasteiger partial charge is 0.482 e. The Morgan fingerprint density at radius 2 is 2.24 bits per heavy atom. The standard InChI is InChI=1S/C13H17FN2O5/c1-3-7-15-13(2,12(17)18)8-21-11-9(14)5-4-6-10(11)16(19)20/h4-6,15H,3,7-8H2,1-2H3,(H,17,18). The Hall–Kier alpha value is -2.22. The SMILES string of the molecule is CCCNC(C)(COc1c(F)cccc1[N+](=O)[O-])C(=O)O. The normalized spacial score (nSPS) is 13.5. The molecule has 1 aromatic rings. The molecule has 0 saturated carbocycles. The number of nitro groups is 1. The summed E-state index contributed by atoms with van der Waals surface area (Å²) in [4.78, 5) is 21.3. The third-order valence-electron chi connectivity index (χ3n) is 2.89. The van der Waals surface area contributed by atoms with Crippen molar-refractivity contribution in [2.45, 2.75) is 25.8 Å². The molecule has 0 aliphatic carbocycles. The first-order chi connectivity index (χ1) is 9.81. The van der Waals surface area contributed by atoms with E-state index in [1.54, 1.807) is 0 Å². The number of rotatable bonds is 8. The Balaban J connectivity index is 2.95. The summed E-state index contributed by atoms with van der Waals surface area (Å²) in [5, 5.41) is 22.8. The molecule has 8 heteroatoms. The van der Waals surface area contributed by atoms with Gasteiger partial charge >= 0.3 is 11.7 Å². The minimum absolute atomic E-state index is 0.422. The van der Waals surface area contributed by atoms with Gasteiger partial charge in [-0.1, -0.05) is 13.0 Å². The number of nitrogens with one attached hydrogen (secondary N) is 1. The van der Waals surface area contributed by atoms with E-state index in [4.69, 9.17) is 4.74 Å². The van der Waals surface area contributed by atoms with Crippen molar-refractivity contribution in [1.29, 1.82) is 0 Å². The predicted molar refractivity (Wildman–Crippen MR) is 72.9 cm³/mol. The number of carboxylic acid groups (broad SMARTS) is 1. The second-order valence-corrected chi connectivity index (χ2v) is 4.70. The number of nitro benzene ring substituents is 1. The van der Waals surface area contributed by atoms with E-state index in [-0.39, 0.29) is 0 Å². The molecule has 1 atom stereocenters. The van der Waals surface area contributed by atoms with Crippen molar-refractivity contribution in [2.24, 2.45) is 0 Å². The molecule has 0 spiro atoms. The molecule has 0 aromatic heterocycles. The van der Waals surface area contributed by atoms with Gasteiger partial charge in [-0.05, 0) is 26.0 Å². The monoisotopic (exact) mass is 300 g/mol. The average Bonchev–Trinajstić information content (AvgIpc) is 2.43. The first kappa shape index (κ1) is 16.8. The fourth-order valence-corrected chi connectivity index (χ4v) is 1.59. The van der Waals surface area contributed by atoms with Gasteiger partial charge in [0.05, 0.1) is 4.92 Å². The Morgan fingerprint density at radius 1 is 1.57 bits per heavy atom. The summed E-state index contributed by atoms with van der Waals surface area (Å²) in [5.41, 5.74) is -2.01. The molecular formula is C13H17FN2O5. The van der Waals surface area contributed by atoms with Crippen LogP contribution >= 0.6 is 0 Å². The highest BCUT2D eigenvalue weighted by Crippen LogP contribution is 2.30. The zero-order valence-electron chi connectivity index (χ0n) is 11.8. The fourth-order valence-electron chi connectivity index (χ4n) is 1.59. The summed E-state index contributed by atoms with van der Waals surface area (Å²) in [6.07, 6.45) is 0.697. The lowest BCUT2D eigenvalue weighted by atomic mass is 10.0. The van der Waals surface area contributed by atoms with Crippen LogP contribution < -0.4 is 10.1 Å². The molecule has 1 unspecified atom stereocenters. The number of ether oxygens (including phenoxy) is 1. The molecule has 1 rings (SSSR count). The van der Waals surface area contributed by atoms with E-state index in [9.17, 15) is 24.4 Å². The Morgan fingerprint density at radius 3 is 2.76 bits per heavy atom. The van der Waals surface area contributed by atoms with Gasteiger partial charge in [0.1, 0.15) is 12.1 Å². The van der Waals surface area contributed by atoms with Crippen LogP contribution in [0.15, 0.2) is 18.2 Å². The lowest BCUT2D eigenvalue weighted by molar-refractivity contribution is -0.386. The molecule has 21 heavy (non-hydrogen) atoms. The maximum atomic E-state index is 13.6. The number of hydrogen-bond donors (Lipinski definition) is 2. The van der Waals surface area contributed by atoms with E-state index in [0.29, 0.717) is 13.0 Å². The highest BCUT2D eigenvalue weighted by Gasteiger charge is 2.34. The molecule has 0 saturated heterocycles. The number of carbonyl (C=O) groups is 1. The van der Waals surface area contributed by atoms with Gasteiger partial charge in [0.25, 0.3) is 0 Å². The van der Waals surface area contributed by atoms with E-state index >= 15 is 0 Å². The van der Waals surface area contributed by atoms with Crippen LogP contribution in [0.1, 0.15) is 20.3 Å². The highest BCUT2D eigenvalue weighted by atomic mass is 19.1. The van der Waals surface area contributed by atoms with Crippen LogP contribution in [0, 0.1) is 15.9 Å². The molecular weight excluding hydrogens is 283 g/mol. The van der Waals surface area contributed by atoms with Crippen LogP contribution in [-0.2, 0) is 4.79 Å². The van der Waals surface area contributed by atoms with Crippen molar-refractivity contribution in [3.8, 4) is 5.75 Å². The Kier molecular flexibility index (Phi) is 5.60. The number of para-hydroxylation sites is 1. The first-order valence-electron chi connectivity index (χ1n) is 6.36. The van der Waals surface area contributed by atoms with E-state index in [2.05, 4.69) is 5.32 Å². The molecule has 0 heterocycles. The Labute approximate surface area is 120 Å². The van der Waals surface area contributed by atoms with E-state index in [1.807, 2.05) is 6.92 Å². The molecule has 2 N–H and O–H groups in total. The van der Waals surface area contributed by atoms with Crippen LogP contribution in [-0.4, -0.2) is 34.7 Å². The minimum Gasteiger partial charge on any atom is -0.482 e. The van der Waals surface area contributed by atoms with Gasteiger partial charge < -0.3 is 9.84 Å². The fraction of sp³-hybridized carbons (Fsp3) is 0.462. The third-order valence-corrected chi connectivity index (χ3v) is 2.89. The number of benzene rings is 1. The summed E-state index contributed by atoms with van der Waals surface area (Å²) in [5.74, 6) is -2.66. The van der Waals surface area contributed by atoms with Crippen LogP contribution in [0.2, 0.25) is 0 Å². The quantitative estimate of drug-likeness (QED) is 0.562. The number of halogens is 1. The average molecular weight is 300 g/mol. The molecule has 1 aromatic carbocycles. The molecule has 0 aliphatic rings. The van der Waals surface area contributed by atoms with Crippen LogP contribution in [0.25, 0.3) is 0 Å². The lowest BCUT2D eigenvalue weighted by Gasteiger charge is -2.26. The maximum Gasteiger partial charge on any atom is 0.327 e. The van der Waals surface area contributed by atoms with Crippen LogP contribution in [0.4, 0.5) is 10.1 Å². The van der Waals surface area contributed by atoms with Gasteiger partial charge in [0.2, 0.25) is 5.75 Å². The van der Waals surface area contributed by atoms with Gasteiger partial charge in [-0.2, -0.15) is 0 Å². The smallest absolute Gasteiger partial charge is 0.327 e. The van der Waals surface area contributed by atoms with Crippen molar-refractivity contribution < 1.29 is 24.0 Å². The number of nitrogens with zero attached hydrogens (tertiary/aromatic N) is 1. The van der Waals surface area contributed by atoms with Gasteiger partial charge in [-0.15, -0.1) is 0 Å². The molecule has 0 aliphatic heterocycles. The summed E-state index contributed by atoms with van der Waals surface area (Å²) in [6.45, 7) is 3.21. The van der Waals surface area contributed by atoms with Crippen molar-refractivity contribution >= 4 is 11.7 Å². The van der Waals surface area contributed by atoms with E-state index in [0.717, 1.165) is 12.1 Å². The van der Waals surface area contributed by atoms with Crippen molar-refractivity contribution in [3.63, 3.8) is 0 Å². The zero-order valence-corrected chi connectivity index (χ0v) is 11.8. The summed E-state index contributed by atoms with van der Waals surface area (Å²) in [6, 6.07) is 3.29. The summed E-state index contributed by atoms with van der Waals surface area (Å²) >= 11 is 0. The van der Waals surface area contributed by atoms with Gasteiger partial charge in [0.15, 0.2) is 5.82 Å². The van der Waals surface area contributed by atoms with E-state index < -0.39 is 40.3 Å². The molecule has 0 amide bonds. The molecule has 0 fully saturated rings. The summed E-state index contributed by atoms with van der Waals surface area (Å²) < 4.78 is 18.7. The van der Waals surface area contributed by atoms with Crippen LogP contribution in [0.3, 0.4) is 0 Å². The topological polar surface area (TPSA) is 102 Å². The predicted octanol–water partition coefficient (Wildman–Crippen LogP) is 1.96. The Bertz CT molecular complexity index is 537. The maximum absolute atomic E-state index is 13.6. The molecule has 0 radical (unpaired) electrons.